The molecule has 1 aliphatic heterocycles. The zero-order chi connectivity index (χ0) is 23.9. The van der Waals surface area contributed by atoms with Crippen LogP contribution in [0, 0.1) is 0 Å². The van der Waals surface area contributed by atoms with E-state index < -0.39 is 5.97 Å². The number of halogens is 1. The number of piperazine rings is 1. The number of benzene rings is 3. The van der Waals surface area contributed by atoms with Crippen LogP contribution in [-0.2, 0) is 6.54 Å². The summed E-state index contributed by atoms with van der Waals surface area (Å²) >= 11 is 6.40. The Morgan fingerprint density at radius 3 is 2.53 bits per heavy atom. The lowest BCUT2D eigenvalue weighted by Gasteiger charge is -2.38. The van der Waals surface area contributed by atoms with Crippen LogP contribution < -0.4 is 15.0 Å². The van der Waals surface area contributed by atoms with Crippen LogP contribution in [0.5, 0.6) is 5.75 Å². The van der Waals surface area contributed by atoms with Crippen LogP contribution in [0.4, 0.5) is 11.4 Å². The molecule has 0 bridgehead atoms. The highest BCUT2D eigenvalue weighted by Crippen LogP contribution is 2.26. The molecule has 1 heterocycles. The molecule has 2 N–H and O–H groups in total. The predicted molar refractivity (Wildman–Crippen MR) is 136 cm³/mol. The van der Waals surface area contributed by atoms with Crippen LogP contribution in [0.25, 0.3) is 0 Å². The number of carbonyl (C=O) groups is 1. The van der Waals surface area contributed by atoms with Crippen molar-refractivity contribution >= 4 is 34.9 Å². The van der Waals surface area contributed by atoms with E-state index in [0.717, 1.165) is 48.2 Å². The van der Waals surface area contributed by atoms with Gasteiger partial charge in [-0.2, -0.15) is 0 Å². The van der Waals surface area contributed by atoms with E-state index in [4.69, 9.17) is 21.3 Å². The molecule has 1 aliphatic rings. The molecule has 34 heavy (non-hydrogen) atoms. The van der Waals surface area contributed by atoms with Crippen LogP contribution in [0.1, 0.15) is 15.9 Å². The van der Waals surface area contributed by atoms with Gasteiger partial charge in [0.15, 0.2) is 5.96 Å². The molecule has 0 aliphatic carbocycles. The standard InChI is InChI=1S/C26H27ClN4O3/c1-34-22-9-4-6-19(16-22)18-28-26(29-21-8-5-7-20(17-21)25(32)33)31-14-12-30(13-15-31)24-11-3-2-10-23(24)27/h2-11,16-17H,12-15,18H2,1H3,(H,28,29)(H,32,33). The highest BCUT2D eigenvalue weighted by atomic mass is 35.5. The number of nitrogens with one attached hydrogen (secondary N) is 1. The van der Waals surface area contributed by atoms with Gasteiger partial charge in [0.2, 0.25) is 0 Å². The number of hydrogen-bond donors (Lipinski definition) is 2. The van der Waals surface area contributed by atoms with Crippen molar-refractivity contribution in [2.45, 2.75) is 6.54 Å². The van der Waals surface area contributed by atoms with E-state index in [1.54, 1.807) is 25.3 Å². The SMILES string of the molecule is COc1cccc(CN=C(Nc2cccc(C(=O)O)c2)N2CCN(c3ccccc3Cl)CC2)c1. The molecule has 8 heteroatoms. The number of aromatic carboxylic acids is 1. The van der Waals surface area contributed by atoms with E-state index >= 15 is 0 Å². The smallest absolute Gasteiger partial charge is 0.335 e. The summed E-state index contributed by atoms with van der Waals surface area (Å²) in [4.78, 5) is 20.7. The number of carboxylic acid groups (broad SMARTS) is 1. The van der Waals surface area contributed by atoms with E-state index in [2.05, 4.69) is 15.1 Å². The summed E-state index contributed by atoms with van der Waals surface area (Å²) < 4.78 is 5.33. The number of hydrogen-bond acceptors (Lipinski definition) is 4. The first-order chi connectivity index (χ1) is 16.5. The minimum Gasteiger partial charge on any atom is -0.497 e. The fourth-order valence-corrected chi connectivity index (χ4v) is 4.14. The van der Waals surface area contributed by atoms with Crippen molar-refractivity contribution in [3.05, 3.63) is 88.9 Å². The minimum absolute atomic E-state index is 0.223. The van der Waals surface area contributed by atoms with E-state index in [0.29, 0.717) is 18.2 Å². The predicted octanol–water partition coefficient (Wildman–Crippen LogP) is 4.84. The number of rotatable bonds is 6. The van der Waals surface area contributed by atoms with Gasteiger partial charge in [-0.25, -0.2) is 9.79 Å². The molecule has 0 saturated carbocycles. The normalized spacial score (nSPS) is 14.1. The van der Waals surface area contributed by atoms with Crippen molar-refractivity contribution in [1.29, 1.82) is 0 Å². The first kappa shape index (κ1) is 23.4. The minimum atomic E-state index is -0.966. The number of carboxylic acids is 1. The molecule has 176 valence electrons. The summed E-state index contributed by atoms with van der Waals surface area (Å²) in [6.45, 7) is 3.53. The number of nitrogens with zero attached hydrogens (tertiary/aromatic N) is 3. The van der Waals surface area contributed by atoms with Crippen molar-refractivity contribution in [3.8, 4) is 5.75 Å². The van der Waals surface area contributed by atoms with Crippen LogP contribution in [0.2, 0.25) is 5.02 Å². The topological polar surface area (TPSA) is 77.4 Å². The van der Waals surface area contributed by atoms with Crippen molar-refractivity contribution in [2.24, 2.45) is 4.99 Å². The van der Waals surface area contributed by atoms with Gasteiger partial charge in [0, 0.05) is 31.9 Å². The Kier molecular flexibility index (Phi) is 7.54. The molecule has 1 saturated heterocycles. The summed E-state index contributed by atoms with van der Waals surface area (Å²) in [6, 6.07) is 22.4. The summed E-state index contributed by atoms with van der Waals surface area (Å²) in [5, 5.41) is 13.4. The molecule has 3 aromatic rings. The van der Waals surface area contributed by atoms with Crippen LogP contribution >= 0.6 is 11.6 Å². The van der Waals surface area contributed by atoms with Gasteiger partial charge >= 0.3 is 5.97 Å². The Labute approximate surface area is 204 Å². The highest BCUT2D eigenvalue weighted by molar-refractivity contribution is 6.33. The second-order valence-corrected chi connectivity index (χ2v) is 8.34. The second-order valence-electron chi connectivity index (χ2n) is 7.93. The molecule has 4 rings (SSSR count). The third kappa shape index (κ3) is 5.80. The largest absolute Gasteiger partial charge is 0.497 e. The zero-order valence-corrected chi connectivity index (χ0v) is 19.7. The van der Waals surface area contributed by atoms with Gasteiger partial charge in [-0.05, 0) is 48.0 Å². The summed E-state index contributed by atoms with van der Waals surface area (Å²) in [6.07, 6.45) is 0. The molecule has 0 amide bonds. The van der Waals surface area contributed by atoms with Crippen molar-refractivity contribution in [3.63, 3.8) is 0 Å². The molecule has 3 aromatic carbocycles. The number of anilines is 2. The zero-order valence-electron chi connectivity index (χ0n) is 18.9. The van der Waals surface area contributed by atoms with Crippen LogP contribution in [0.15, 0.2) is 77.8 Å². The molecule has 0 radical (unpaired) electrons. The summed E-state index contributed by atoms with van der Waals surface area (Å²) in [5.41, 5.74) is 2.95. The first-order valence-electron chi connectivity index (χ1n) is 11.1. The van der Waals surface area contributed by atoms with Gasteiger partial charge in [-0.3, -0.25) is 0 Å². The van der Waals surface area contributed by atoms with Gasteiger partial charge in [0.1, 0.15) is 5.75 Å². The third-order valence-electron chi connectivity index (χ3n) is 5.68. The number of methoxy groups -OCH3 is 1. The van der Waals surface area contributed by atoms with Crippen LogP contribution in [-0.4, -0.2) is 55.2 Å². The molecule has 1 fully saturated rings. The first-order valence-corrected chi connectivity index (χ1v) is 11.4. The van der Waals surface area contributed by atoms with Crippen molar-refractivity contribution in [1.82, 2.24) is 4.90 Å². The molecule has 0 aromatic heterocycles. The monoisotopic (exact) mass is 478 g/mol. The second kappa shape index (κ2) is 10.9. The van der Waals surface area contributed by atoms with E-state index in [1.165, 1.54) is 0 Å². The third-order valence-corrected chi connectivity index (χ3v) is 6.00. The van der Waals surface area contributed by atoms with Gasteiger partial charge in [-0.15, -0.1) is 0 Å². The Hall–Kier alpha value is -3.71. The maximum absolute atomic E-state index is 11.4. The molecule has 7 nitrogen and oxygen atoms in total. The number of aliphatic imine (C=N–C) groups is 1. The Balaban J connectivity index is 1.54. The van der Waals surface area contributed by atoms with Gasteiger partial charge in [-0.1, -0.05) is 41.9 Å². The van der Waals surface area contributed by atoms with E-state index in [1.807, 2.05) is 54.6 Å². The molecular weight excluding hydrogens is 452 g/mol. The lowest BCUT2D eigenvalue weighted by molar-refractivity contribution is 0.0697. The van der Waals surface area contributed by atoms with Crippen molar-refractivity contribution in [2.75, 3.05) is 43.5 Å². The molecule has 0 spiro atoms. The lowest BCUT2D eigenvalue weighted by atomic mass is 10.2. The molecular formula is C26H27ClN4O3. The maximum Gasteiger partial charge on any atom is 0.335 e. The average molecular weight is 479 g/mol. The van der Waals surface area contributed by atoms with Gasteiger partial charge in [0.25, 0.3) is 0 Å². The quantitative estimate of drug-likeness (QED) is 0.390. The van der Waals surface area contributed by atoms with Crippen molar-refractivity contribution < 1.29 is 14.6 Å². The summed E-state index contributed by atoms with van der Waals surface area (Å²) in [7, 11) is 1.64. The number of ether oxygens (including phenoxy) is 1. The fourth-order valence-electron chi connectivity index (χ4n) is 3.88. The maximum atomic E-state index is 11.4. The average Bonchev–Trinajstić information content (AvgIpc) is 2.87. The number of guanidine groups is 1. The van der Waals surface area contributed by atoms with Crippen LogP contribution in [0.3, 0.4) is 0 Å². The van der Waals surface area contributed by atoms with E-state index in [-0.39, 0.29) is 5.56 Å². The van der Waals surface area contributed by atoms with Gasteiger partial charge in [0.05, 0.1) is 29.9 Å². The lowest BCUT2D eigenvalue weighted by Crippen LogP contribution is -2.50. The summed E-state index contributed by atoms with van der Waals surface area (Å²) in [5.74, 6) is 0.515. The van der Waals surface area contributed by atoms with Gasteiger partial charge < -0.3 is 25.0 Å². The Bertz CT molecular complexity index is 1180. The fraction of sp³-hybridized carbons (Fsp3) is 0.231. The Morgan fingerprint density at radius 1 is 1.03 bits per heavy atom. The van der Waals surface area contributed by atoms with E-state index in [9.17, 15) is 9.90 Å². The Morgan fingerprint density at radius 2 is 1.79 bits per heavy atom. The molecule has 0 unspecified atom stereocenters. The number of para-hydroxylation sites is 1. The highest BCUT2D eigenvalue weighted by Gasteiger charge is 2.21. The molecule has 0 atom stereocenters.